The van der Waals surface area contributed by atoms with Crippen molar-refractivity contribution in [1.82, 2.24) is 0 Å². The Morgan fingerprint density at radius 3 is 2.33 bits per heavy atom. The summed E-state index contributed by atoms with van der Waals surface area (Å²) in [6, 6.07) is 17.9. The number of rotatable bonds is 5. The van der Waals surface area contributed by atoms with E-state index in [1.165, 1.54) is 0 Å². The standard InChI is InChI=1S/C17H18BrNOS/c1-3-19(15-7-5-4-6-8-15)17(20)13(2)21-16-11-9-14(18)10-12-16/h4-13H,3H2,1-2H3. The van der Waals surface area contributed by atoms with Gasteiger partial charge in [-0.15, -0.1) is 11.8 Å². The molecule has 0 bridgehead atoms. The molecule has 1 atom stereocenters. The highest BCUT2D eigenvalue weighted by Gasteiger charge is 2.21. The molecule has 110 valence electrons. The average molecular weight is 364 g/mol. The summed E-state index contributed by atoms with van der Waals surface area (Å²) in [5.74, 6) is 0.136. The van der Waals surface area contributed by atoms with E-state index in [0.717, 1.165) is 15.1 Å². The third-order valence-corrected chi connectivity index (χ3v) is 4.75. The fourth-order valence-corrected chi connectivity index (χ4v) is 3.25. The van der Waals surface area contributed by atoms with Crippen molar-refractivity contribution in [2.75, 3.05) is 11.4 Å². The van der Waals surface area contributed by atoms with Crippen LogP contribution in [0.15, 0.2) is 64.0 Å². The smallest absolute Gasteiger partial charge is 0.240 e. The number of thioether (sulfide) groups is 1. The van der Waals surface area contributed by atoms with Crippen molar-refractivity contribution in [3.8, 4) is 0 Å². The van der Waals surface area contributed by atoms with E-state index in [1.807, 2.05) is 73.3 Å². The molecule has 21 heavy (non-hydrogen) atoms. The molecule has 4 heteroatoms. The van der Waals surface area contributed by atoms with Gasteiger partial charge < -0.3 is 4.90 Å². The summed E-state index contributed by atoms with van der Waals surface area (Å²) in [4.78, 5) is 15.6. The molecular formula is C17H18BrNOS. The molecule has 0 fully saturated rings. The highest BCUT2D eigenvalue weighted by Crippen LogP contribution is 2.27. The minimum Gasteiger partial charge on any atom is -0.312 e. The van der Waals surface area contributed by atoms with Gasteiger partial charge in [0.15, 0.2) is 0 Å². The summed E-state index contributed by atoms with van der Waals surface area (Å²) in [5.41, 5.74) is 0.952. The lowest BCUT2D eigenvalue weighted by molar-refractivity contribution is -0.117. The van der Waals surface area contributed by atoms with Crippen molar-refractivity contribution in [3.63, 3.8) is 0 Å². The molecule has 1 amide bonds. The van der Waals surface area contributed by atoms with E-state index in [2.05, 4.69) is 15.9 Å². The molecule has 0 aliphatic carbocycles. The molecule has 1 unspecified atom stereocenters. The van der Waals surface area contributed by atoms with Gasteiger partial charge in [0, 0.05) is 21.6 Å². The predicted octanol–water partition coefficient (Wildman–Crippen LogP) is 4.98. The Balaban J connectivity index is 2.08. The molecule has 0 aromatic heterocycles. The van der Waals surface area contributed by atoms with Gasteiger partial charge in [-0.1, -0.05) is 34.1 Å². The highest BCUT2D eigenvalue weighted by atomic mass is 79.9. The van der Waals surface area contributed by atoms with Crippen LogP contribution in [-0.4, -0.2) is 17.7 Å². The lowest BCUT2D eigenvalue weighted by Crippen LogP contribution is -2.36. The van der Waals surface area contributed by atoms with Crippen LogP contribution in [0.3, 0.4) is 0 Å². The number of amides is 1. The summed E-state index contributed by atoms with van der Waals surface area (Å²) in [5, 5.41) is -0.119. The molecule has 2 rings (SSSR count). The second kappa shape index (κ2) is 7.66. The lowest BCUT2D eigenvalue weighted by Gasteiger charge is -2.24. The topological polar surface area (TPSA) is 20.3 Å². The molecule has 0 N–H and O–H groups in total. The number of carbonyl (C=O) groups excluding carboxylic acids is 1. The monoisotopic (exact) mass is 363 g/mol. The molecule has 0 aliphatic heterocycles. The summed E-state index contributed by atoms with van der Waals surface area (Å²) in [7, 11) is 0. The molecule has 0 radical (unpaired) electrons. The van der Waals surface area contributed by atoms with E-state index in [1.54, 1.807) is 11.8 Å². The van der Waals surface area contributed by atoms with Crippen molar-refractivity contribution in [2.45, 2.75) is 24.0 Å². The van der Waals surface area contributed by atoms with E-state index in [-0.39, 0.29) is 11.2 Å². The zero-order valence-corrected chi connectivity index (χ0v) is 14.5. The molecule has 0 aliphatic rings. The van der Waals surface area contributed by atoms with Crippen molar-refractivity contribution in [1.29, 1.82) is 0 Å². The first kappa shape index (κ1) is 16.1. The number of nitrogens with zero attached hydrogens (tertiary/aromatic N) is 1. The first-order chi connectivity index (χ1) is 10.1. The van der Waals surface area contributed by atoms with Crippen LogP contribution in [-0.2, 0) is 4.79 Å². The van der Waals surface area contributed by atoms with Crippen LogP contribution < -0.4 is 4.90 Å². The van der Waals surface area contributed by atoms with E-state index in [9.17, 15) is 4.79 Å². The zero-order chi connectivity index (χ0) is 15.2. The van der Waals surface area contributed by atoms with Crippen LogP contribution in [0.4, 0.5) is 5.69 Å². The van der Waals surface area contributed by atoms with Gasteiger partial charge in [0.05, 0.1) is 5.25 Å². The third kappa shape index (κ3) is 4.35. The number of halogens is 1. The minimum absolute atomic E-state index is 0.119. The maximum absolute atomic E-state index is 12.6. The van der Waals surface area contributed by atoms with E-state index in [4.69, 9.17) is 0 Å². The molecular weight excluding hydrogens is 346 g/mol. The summed E-state index contributed by atoms with van der Waals surface area (Å²) in [6.45, 7) is 4.64. The van der Waals surface area contributed by atoms with Crippen LogP contribution in [0.1, 0.15) is 13.8 Å². The Kier molecular flexibility index (Phi) is 5.88. The highest BCUT2D eigenvalue weighted by molar-refractivity contribution is 9.10. The van der Waals surface area contributed by atoms with Crippen molar-refractivity contribution >= 4 is 39.3 Å². The Morgan fingerprint density at radius 2 is 1.76 bits per heavy atom. The molecule has 0 saturated carbocycles. The third-order valence-electron chi connectivity index (χ3n) is 3.12. The average Bonchev–Trinajstić information content (AvgIpc) is 2.51. The summed E-state index contributed by atoms with van der Waals surface area (Å²) < 4.78 is 1.05. The van der Waals surface area contributed by atoms with Crippen LogP contribution in [0.5, 0.6) is 0 Å². The zero-order valence-electron chi connectivity index (χ0n) is 12.1. The summed E-state index contributed by atoms with van der Waals surface area (Å²) in [6.07, 6.45) is 0. The largest absolute Gasteiger partial charge is 0.312 e. The number of hydrogen-bond donors (Lipinski definition) is 0. The van der Waals surface area contributed by atoms with Gasteiger partial charge >= 0.3 is 0 Å². The quantitative estimate of drug-likeness (QED) is 0.697. The first-order valence-electron chi connectivity index (χ1n) is 6.90. The Morgan fingerprint density at radius 1 is 1.14 bits per heavy atom. The summed E-state index contributed by atoms with van der Waals surface area (Å²) >= 11 is 5.01. The van der Waals surface area contributed by atoms with Crippen LogP contribution in [0.25, 0.3) is 0 Å². The van der Waals surface area contributed by atoms with Crippen molar-refractivity contribution < 1.29 is 4.79 Å². The molecule has 0 spiro atoms. The molecule has 2 aromatic rings. The van der Waals surface area contributed by atoms with Gasteiger partial charge in [0.1, 0.15) is 0 Å². The van der Waals surface area contributed by atoms with E-state index < -0.39 is 0 Å². The van der Waals surface area contributed by atoms with Crippen molar-refractivity contribution in [3.05, 3.63) is 59.1 Å². The number of carbonyl (C=O) groups is 1. The second-order valence-corrected chi connectivity index (χ2v) is 6.96. The lowest BCUT2D eigenvalue weighted by atomic mass is 10.2. The van der Waals surface area contributed by atoms with Gasteiger partial charge in [-0.25, -0.2) is 0 Å². The Bertz CT molecular complexity index is 585. The van der Waals surface area contributed by atoms with Gasteiger partial charge in [0.25, 0.3) is 0 Å². The molecule has 0 saturated heterocycles. The van der Waals surface area contributed by atoms with Crippen molar-refractivity contribution in [2.24, 2.45) is 0 Å². The maximum atomic E-state index is 12.6. The van der Waals surface area contributed by atoms with Crippen LogP contribution in [0.2, 0.25) is 0 Å². The number of para-hydroxylation sites is 1. The predicted molar refractivity (Wildman–Crippen MR) is 93.9 cm³/mol. The second-order valence-electron chi connectivity index (χ2n) is 4.63. The number of anilines is 1. The van der Waals surface area contributed by atoms with Gasteiger partial charge in [-0.3, -0.25) is 4.79 Å². The molecule has 2 nitrogen and oxygen atoms in total. The van der Waals surface area contributed by atoms with Crippen LogP contribution in [0, 0.1) is 0 Å². The molecule has 2 aromatic carbocycles. The van der Waals surface area contributed by atoms with Gasteiger partial charge in [0.2, 0.25) is 5.91 Å². The molecule has 0 heterocycles. The SMILES string of the molecule is CCN(C(=O)C(C)Sc1ccc(Br)cc1)c1ccccc1. The van der Waals surface area contributed by atoms with Gasteiger partial charge in [-0.2, -0.15) is 0 Å². The number of hydrogen-bond acceptors (Lipinski definition) is 2. The van der Waals surface area contributed by atoms with Gasteiger partial charge in [-0.05, 0) is 50.2 Å². The maximum Gasteiger partial charge on any atom is 0.240 e. The Hall–Kier alpha value is -1.26. The van der Waals surface area contributed by atoms with E-state index >= 15 is 0 Å². The fourth-order valence-electron chi connectivity index (χ4n) is 2.06. The fraction of sp³-hybridized carbons (Fsp3) is 0.235. The van der Waals surface area contributed by atoms with E-state index in [0.29, 0.717) is 6.54 Å². The normalized spacial score (nSPS) is 12.0. The first-order valence-corrected chi connectivity index (χ1v) is 8.57. The van der Waals surface area contributed by atoms with Crippen LogP contribution >= 0.6 is 27.7 Å². The number of benzene rings is 2. The Labute approximate surface area is 138 Å². The minimum atomic E-state index is -0.119.